The molecule has 0 aliphatic carbocycles. The van der Waals surface area contributed by atoms with Crippen molar-refractivity contribution in [2.75, 3.05) is 7.11 Å². The van der Waals surface area contributed by atoms with Crippen LogP contribution in [0.3, 0.4) is 0 Å². The molecule has 0 aromatic heterocycles. The van der Waals surface area contributed by atoms with E-state index in [-0.39, 0.29) is 17.5 Å². The van der Waals surface area contributed by atoms with Gasteiger partial charge in [-0.2, -0.15) is 0 Å². The smallest absolute Gasteiger partial charge is 0.335 e. The minimum Gasteiger partial charge on any atom is -0.478 e. The standard InChI is InChI=1S/C11H12FNO4/c1-17-11(16)9(13)5-7-4-6(10(14)15)2-3-8(7)12/h2-4,9H,5,13H2,1H3,(H,14,15)/t9-/m0/s1. The van der Waals surface area contributed by atoms with Crippen LogP contribution in [0.4, 0.5) is 4.39 Å². The highest BCUT2D eigenvalue weighted by Gasteiger charge is 2.17. The number of nitrogens with two attached hydrogens (primary N) is 1. The normalized spacial score (nSPS) is 11.9. The Bertz CT molecular complexity index is 447. The van der Waals surface area contributed by atoms with Gasteiger partial charge in [-0.3, -0.25) is 4.79 Å². The molecule has 3 N–H and O–H groups in total. The molecule has 0 radical (unpaired) electrons. The molecule has 0 heterocycles. The Hall–Kier alpha value is -1.95. The molecular formula is C11H12FNO4. The third-order valence-corrected chi connectivity index (χ3v) is 2.24. The molecule has 1 aromatic rings. The average molecular weight is 241 g/mol. The first kappa shape index (κ1) is 13.1. The van der Waals surface area contributed by atoms with E-state index in [0.717, 1.165) is 18.2 Å². The van der Waals surface area contributed by atoms with Crippen molar-refractivity contribution < 1.29 is 23.8 Å². The molecule has 0 amide bonds. The second-order valence-electron chi connectivity index (χ2n) is 3.45. The maximum atomic E-state index is 13.4. The van der Waals surface area contributed by atoms with Gasteiger partial charge in [0.05, 0.1) is 12.7 Å². The largest absolute Gasteiger partial charge is 0.478 e. The number of carbonyl (C=O) groups excluding carboxylic acids is 1. The summed E-state index contributed by atoms with van der Waals surface area (Å²) < 4.78 is 17.8. The van der Waals surface area contributed by atoms with Crippen LogP contribution in [0.5, 0.6) is 0 Å². The topological polar surface area (TPSA) is 89.6 Å². The van der Waals surface area contributed by atoms with Gasteiger partial charge in [0.25, 0.3) is 0 Å². The highest BCUT2D eigenvalue weighted by atomic mass is 19.1. The zero-order valence-corrected chi connectivity index (χ0v) is 9.14. The summed E-state index contributed by atoms with van der Waals surface area (Å²) >= 11 is 0. The first-order valence-corrected chi connectivity index (χ1v) is 4.81. The van der Waals surface area contributed by atoms with Gasteiger partial charge in [0, 0.05) is 6.42 Å². The van der Waals surface area contributed by atoms with Gasteiger partial charge in [-0.15, -0.1) is 0 Å². The summed E-state index contributed by atoms with van der Waals surface area (Å²) in [5.41, 5.74) is 5.48. The van der Waals surface area contributed by atoms with Crippen LogP contribution in [0.15, 0.2) is 18.2 Å². The Morgan fingerprint density at radius 2 is 2.18 bits per heavy atom. The molecule has 6 heteroatoms. The number of benzene rings is 1. The van der Waals surface area contributed by atoms with Crippen LogP contribution in [0.25, 0.3) is 0 Å². The molecule has 5 nitrogen and oxygen atoms in total. The lowest BCUT2D eigenvalue weighted by atomic mass is 10.0. The Kier molecular flexibility index (Phi) is 4.17. The maximum absolute atomic E-state index is 13.4. The quantitative estimate of drug-likeness (QED) is 0.752. The number of hydrogen-bond donors (Lipinski definition) is 2. The van der Waals surface area contributed by atoms with Gasteiger partial charge >= 0.3 is 11.9 Å². The summed E-state index contributed by atoms with van der Waals surface area (Å²) in [6.45, 7) is 0. The van der Waals surface area contributed by atoms with E-state index in [2.05, 4.69) is 4.74 Å². The molecule has 0 saturated heterocycles. The number of carboxylic acids is 1. The summed E-state index contributed by atoms with van der Waals surface area (Å²) in [5, 5.41) is 8.74. The third-order valence-electron chi connectivity index (χ3n) is 2.24. The van der Waals surface area contributed by atoms with Crippen molar-refractivity contribution in [1.82, 2.24) is 0 Å². The molecule has 1 atom stereocenters. The van der Waals surface area contributed by atoms with Crippen molar-refractivity contribution in [3.8, 4) is 0 Å². The monoisotopic (exact) mass is 241 g/mol. The van der Waals surface area contributed by atoms with E-state index in [1.54, 1.807) is 0 Å². The molecule has 92 valence electrons. The van der Waals surface area contributed by atoms with Crippen molar-refractivity contribution in [2.24, 2.45) is 5.73 Å². The van der Waals surface area contributed by atoms with Gasteiger partial charge in [0.15, 0.2) is 0 Å². The molecule has 0 saturated carbocycles. The number of hydrogen-bond acceptors (Lipinski definition) is 4. The highest BCUT2D eigenvalue weighted by Crippen LogP contribution is 2.13. The van der Waals surface area contributed by atoms with Gasteiger partial charge in [-0.25, -0.2) is 9.18 Å². The van der Waals surface area contributed by atoms with Gasteiger partial charge in [0.2, 0.25) is 0 Å². The van der Waals surface area contributed by atoms with E-state index >= 15 is 0 Å². The lowest BCUT2D eigenvalue weighted by Crippen LogP contribution is -2.34. The molecule has 0 fully saturated rings. The molecule has 1 aromatic carbocycles. The van der Waals surface area contributed by atoms with Crippen LogP contribution in [0.2, 0.25) is 0 Å². The number of methoxy groups -OCH3 is 1. The van der Waals surface area contributed by atoms with E-state index in [9.17, 15) is 14.0 Å². The Balaban J connectivity index is 2.93. The fraction of sp³-hybridized carbons (Fsp3) is 0.273. The van der Waals surface area contributed by atoms with E-state index in [4.69, 9.17) is 10.8 Å². The SMILES string of the molecule is COC(=O)[C@@H](N)Cc1cc(C(=O)O)ccc1F. The molecule has 0 bridgehead atoms. The highest BCUT2D eigenvalue weighted by molar-refractivity contribution is 5.87. The molecule has 17 heavy (non-hydrogen) atoms. The molecule has 1 rings (SSSR count). The van der Waals surface area contributed by atoms with Crippen molar-refractivity contribution in [2.45, 2.75) is 12.5 Å². The van der Waals surface area contributed by atoms with Crippen LogP contribution in [-0.2, 0) is 16.0 Å². The van der Waals surface area contributed by atoms with Gasteiger partial charge in [-0.05, 0) is 23.8 Å². The fourth-order valence-corrected chi connectivity index (χ4v) is 1.34. The van der Waals surface area contributed by atoms with Crippen molar-refractivity contribution in [1.29, 1.82) is 0 Å². The number of esters is 1. The number of halogens is 1. The number of carboxylic acid groups (broad SMARTS) is 1. The predicted octanol–water partition coefficient (Wildman–Crippen LogP) is 0.567. The van der Waals surface area contributed by atoms with Crippen LogP contribution >= 0.6 is 0 Å². The van der Waals surface area contributed by atoms with Crippen LogP contribution in [-0.4, -0.2) is 30.2 Å². The summed E-state index contributed by atoms with van der Waals surface area (Å²) in [6, 6.07) is 2.31. The number of rotatable bonds is 4. The Morgan fingerprint density at radius 3 is 2.71 bits per heavy atom. The molecule has 0 spiro atoms. The average Bonchev–Trinajstić information content (AvgIpc) is 2.30. The lowest BCUT2D eigenvalue weighted by Gasteiger charge is -2.10. The summed E-state index contributed by atoms with van der Waals surface area (Å²) in [4.78, 5) is 21.8. The van der Waals surface area contributed by atoms with E-state index in [1.165, 1.54) is 7.11 Å². The molecule has 0 aliphatic heterocycles. The lowest BCUT2D eigenvalue weighted by molar-refractivity contribution is -0.142. The fourth-order valence-electron chi connectivity index (χ4n) is 1.34. The summed E-state index contributed by atoms with van der Waals surface area (Å²) in [5.74, 6) is -2.45. The number of carbonyl (C=O) groups is 2. The van der Waals surface area contributed by atoms with Crippen molar-refractivity contribution in [3.05, 3.63) is 35.1 Å². The second-order valence-corrected chi connectivity index (χ2v) is 3.45. The van der Waals surface area contributed by atoms with E-state index < -0.39 is 23.8 Å². The maximum Gasteiger partial charge on any atom is 0.335 e. The van der Waals surface area contributed by atoms with Crippen LogP contribution in [0, 0.1) is 5.82 Å². The van der Waals surface area contributed by atoms with Crippen LogP contribution < -0.4 is 5.73 Å². The van der Waals surface area contributed by atoms with E-state index in [0.29, 0.717) is 0 Å². The van der Waals surface area contributed by atoms with E-state index in [1.807, 2.05) is 0 Å². The Labute approximate surface area is 97.0 Å². The zero-order chi connectivity index (χ0) is 13.0. The minimum atomic E-state index is -1.17. The molecule has 0 aliphatic rings. The number of aromatic carboxylic acids is 1. The number of ether oxygens (including phenoxy) is 1. The van der Waals surface area contributed by atoms with Gasteiger partial charge in [0.1, 0.15) is 11.9 Å². The molecule has 0 unspecified atom stereocenters. The first-order valence-electron chi connectivity index (χ1n) is 4.81. The minimum absolute atomic E-state index is 0.0570. The van der Waals surface area contributed by atoms with Crippen molar-refractivity contribution >= 4 is 11.9 Å². The predicted molar refractivity (Wildman–Crippen MR) is 57.1 cm³/mol. The van der Waals surface area contributed by atoms with Gasteiger partial charge in [-0.1, -0.05) is 0 Å². The zero-order valence-electron chi connectivity index (χ0n) is 9.14. The second kappa shape index (κ2) is 5.40. The van der Waals surface area contributed by atoms with Gasteiger partial charge < -0.3 is 15.6 Å². The Morgan fingerprint density at radius 1 is 1.53 bits per heavy atom. The van der Waals surface area contributed by atoms with Crippen LogP contribution in [0.1, 0.15) is 15.9 Å². The third kappa shape index (κ3) is 3.25. The summed E-state index contributed by atoms with van der Waals surface area (Å²) in [7, 11) is 1.17. The summed E-state index contributed by atoms with van der Waals surface area (Å²) in [6.07, 6.45) is -0.111. The molecular weight excluding hydrogens is 229 g/mol. The first-order chi connectivity index (χ1) is 7.95. The van der Waals surface area contributed by atoms with Crippen molar-refractivity contribution in [3.63, 3.8) is 0 Å².